The third kappa shape index (κ3) is 9.59. The van der Waals surface area contributed by atoms with Crippen molar-refractivity contribution in [2.75, 3.05) is 6.61 Å². The molecule has 6 nitrogen and oxygen atoms in total. The zero-order valence-corrected chi connectivity index (χ0v) is 21.5. The summed E-state index contributed by atoms with van der Waals surface area (Å²) in [6.07, 6.45) is -4.03. The number of ether oxygens (including phenoxy) is 2. The number of halogens is 2. The standard InChI is InChI=1S/C18H15P.C8H12F2O6S/c1-4-10-16(11-5-1)19(17-12-6-2-7-13-17)18-14-8-3-9-15-18;1-5(2)7(11)15-4-8(9,10)16-6(3)17(12,13)14/h1-15H;6H,1,4H2,2-3H3,(H,12,13,14). The van der Waals surface area contributed by atoms with E-state index in [1.165, 1.54) is 22.8 Å². The minimum atomic E-state index is -4.75. The third-order valence-corrected chi connectivity index (χ3v) is 7.90. The Kier molecular flexibility index (Phi) is 10.9. The van der Waals surface area contributed by atoms with Crippen LogP contribution >= 0.6 is 7.92 Å². The fourth-order valence-electron chi connectivity index (χ4n) is 2.79. The fraction of sp³-hybridized carbons (Fsp3) is 0.192. The Morgan fingerprint density at radius 1 is 0.917 bits per heavy atom. The van der Waals surface area contributed by atoms with Crippen molar-refractivity contribution < 1.29 is 36.0 Å². The molecule has 3 aromatic carbocycles. The molecule has 192 valence electrons. The molecular formula is C26H27F2O6PS. The highest BCUT2D eigenvalue weighted by molar-refractivity contribution is 7.86. The monoisotopic (exact) mass is 536 g/mol. The summed E-state index contributed by atoms with van der Waals surface area (Å²) in [4.78, 5) is 10.8. The molecule has 0 aliphatic carbocycles. The smallest absolute Gasteiger partial charge is 0.391 e. The molecule has 0 aliphatic rings. The van der Waals surface area contributed by atoms with Gasteiger partial charge < -0.3 is 4.74 Å². The van der Waals surface area contributed by atoms with Crippen LogP contribution in [0.15, 0.2) is 103 Å². The molecule has 0 saturated heterocycles. The van der Waals surface area contributed by atoms with Crippen LogP contribution in [-0.2, 0) is 24.4 Å². The molecule has 0 amide bonds. The van der Waals surface area contributed by atoms with Crippen molar-refractivity contribution in [2.45, 2.75) is 25.4 Å². The average Bonchev–Trinajstić information content (AvgIpc) is 2.84. The zero-order valence-electron chi connectivity index (χ0n) is 19.8. The van der Waals surface area contributed by atoms with Crippen molar-refractivity contribution >= 4 is 39.9 Å². The van der Waals surface area contributed by atoms with E-state index in [2.05, 4.69) is 107 Å². The summed E-state index contributed by atoms with van der Waals surface area (Å²) in [5, 5.41) is 4.19. The molecule has 1 N–H and O–H groups in total. The second-order valence-electron chi connectivity index (χ2n) is 7.54. The highest BCUT2D eigenvalue weighted by Crippen LogP contribution is 2.32. The fourth-order valence-corrected chi connectivity index (χ4v) is 5.36. The first kappa shape index (κ1) is 29.3. The first-order valence-electron chi connectivity index (χ1n) is 10.7. The molecule has 10 heteroatoms. The predicted octanol–water partition coefficient (Wildman–Crippen LogP) is 4.39. The summed E-state index contributed by atoms with van der Waals surface area (Å²) >= 11 is 0. The van der Waals surface area contributed by atoms with Gasteiger partial charge in [-0.2, -0.15) is 17.2 Å². The number of hydrogen-bond donors (Lipinski definition) is 1. The molecule has 1 atom stereocenters. The van der Waals surface area contributed by atoms with Crippen LogP contribution in [0.4, 0.5) is 8.78 Å². The first-order chi connectivity index (χ1) is 16.9. The van der Waals surface area contributed by atoms with E-state index in [0.717, 1.165) is 0 Å². The van der Waals surface area contributed by atoms with E-state index in [0.29, 0.717) is 6.92 Å². The van der Waals surface area contributed by atoms with E-state index in [1.54, 1.807) is 0 Å². The first-order valence-corrected chi connectivity index (χ1v) is 13.5. The van der Waals surface area contributed by atoms with Crippen molar-refractivity contribution in [3.05, 3.63) is 103 Å². The van der Waals surface area contributed by atoms with Crippen molar-refractivity contribution in [1.82, 2.24) is 0 Å². The molecule has 3 aromatic rings. The minimum Gasteiger partial charge on any atom is -0.453 e. The highest BCUT2D eigenvalue weighted by atomic mass is 32.2. The zero-order chi connectivity index (χ0) is 26.8. The maximum Gasteiger partial charge on any atom is 0.391 e. The number of esters is 1. The van der Waals surface area contributed by atoms with Crippen LogP contribution in [0, 0.1) is 0 Å². The largest absolute Gasteiger partial charge is 0.453 e. The van der Waals surface area contributed by atoms with Crippen molar-refractivity contribution in [1.29, 1.82) is 0 Å². The average molecular weight is 537 g/mol. The Hall–Kier alpha value is -2.97. The van der Waals surface area contributed by atoms with Crippen LogP contribution in [0.25, 0.3) is 0 Å². The Bertz CT molecular complexity index is 1130. The number of rotatable bonds is 9. The van der Waals surface area contributed by atoms with E-state index in [4.69, 9.17) is 4.55 Å². The summed E-state index contributed by atoms with van der Waals surface area (Å²) in [7, 11) is -5.20. The van der Waals surface area contributed by atoms with Gasteiger partial charge in [-0.3, -0.25) is 9.29 Å². The van der Waals surface area contributed by atoms with Gasteiger partial charge in [0.05, 0.1) is 0 Å². The van der Waals surface area contributed by atoms with Gasteiger partial charge in [0.2, 0.25) is 0 Å². The number of carbonyl (C=O) groups excluding carboxylic acids is 1. The van der Waals surface area contributed by atoms with Gasteiger partial charge in [0.1, 0.15) is 0 Å². The van der Waals surface area contributed by atoms with E-state index in [1.807, 2.05) is 0 Å². The van der Waals surface area contributed by atoms with E-state index in [9.17, 15) is 22.0 Å². The lowest BCUT2D eigenvalue weighted by Gasteiger charge is -2.19. The molecule has 0 radical (unpaired) electrons. The summed E-state index contributed by atoms with van der Waals surface area (Å²) < 4.78 is 63.0. The van der Waals surface area contributed by atoms with Crippen LogP contribution < -0.4 is 15.9 Å². The summed E-state index contributed by atoms with van der Waals surface area (Å²) in [6.45, 7) is 3.65. The van der Waals surface area contributed by atoms with Gasteiger partial charge in [-0.05, 0) is 37.7 Å². The Labute approximate surface area is 211 Å². The van der Waals surface area contributed by atoms with Crippen LogP contribution in [0.3, 0.4) is 0 Å². The van der Waals surface area contributed by atoms with Crippen LogP contribution in [0.1, 0.15) is 13.8 Å². The third-order valence-electron chi connectivity index (χ3n) is 4.52. The second-order valence-corrected chi connectivity index (χ2v) is 11.5. The van der Waals surface area contributed by atoms with E-state index < -0.39 is 42.2 Å². The Morgan fingerprint density at radius 3 is 1.58 bits per heavy atom. The van der Waals surface area contributed by atoms with Gasteiger partial charge in [-0.1, -0.05) is 97.6 Å². The summed E-state index contributed by atoms with van der Waals surface area (Å²) in [5.74, 6) is -1.06. The van der Waals surface area contributed by atoms with Crippen LogP contribution in [0.2, 0.25) is 0 Å². The van der Waals surface area contributed by atoms with Gasteiger partial charge in [0, 0.05) is 5.57 Å². The SMILES string of the molecule is C=C(C)C(=O)OCC(F)(F)OC(C)S(=O)(=O)O.c1ccc(P(c2ccccc2)c2ccccc2)cc1. The van der Waals surface area contributed by atoms with Crippen molar-refractivity contribution in [3.8, 4) is 0 Å². The molecule has 0 aromatic heterocycles. The maximum atomic E-state index is 12.9. The van der Waals surface area contributed by atoms with Gasteiger partial charge >= 0.3 is 12.1 Å². The topological polar surface area (TPSA) is 89.9 Å². The number of carbonyl (C=O) groups is 1. The minimum absolute atomic E-state index is 0.0939. The molecule has 0 aliphatic heterocycles. The molecule has 1 unspecified atom stereocenters. The maximum absolute atomic E-state index is 12.9. The molecule has 0 bridgehead atoms. The lowest BCUT2D eigenvalue weighted by molar-refractivity contribution is -0.266. The molecule has 0 heterocycles. The second kappa shape index (κ2) is 13.4. The highest BCUT2D eigenvalue weighted by Gasteiger charge is 2.38. The van der Waals surface area contributed by atoms with Gasteiger partial charge in [-0.15, -0.1) is 0 Å². The quantitative estimate of drug-likeness (QED) is 0.189. The Balaban J connectivity index is 0.000000256. The molecule has 36 heavy (non-hydrogen) atoms. The predicted molar refractivity (Wildman–Crippen MR) is 138 cm³/mol. The van der Waals surface area contributed by atoms with E-state index >= 15 is 0 Å². The van der Waals surface area contributed by atoms with Crippen molar-refractivity contribution in [2.24, 2.45) is 0 Å². The number of alkyl halides is 2. The van der Waals surface area contributed by atoms with Crippen molar-refractivity contribution in [3.63, 3.8) is 0 Å². The van der Waals surface area contributed by atoms with Crippen LogP contribution in [-0.4, -0.2) is 37.1 Å². The number of benzene rings is 3. The molecule has 0 fully saturated rings. The lowest BCUT2D eigenvalue weighted by Crippen LogP contribution is -2.35. The molecule has 3 rings (SSSR count). The Morgan fingerprint density at radius 2 is 1.28 bits per heavy atom. The summed E-state index contributed by atoms with van der Waals surface area (Å²) in [5.41, 5.74) is -2.23. The van der Waals surface area contributed by atoms with Gasteiger partial charge in [0.15, 0.2) is 12.0 Å². The normalized spacial score (nSPS) is 12.3. The molecular weight excluding hydrogens is 509 g/mol. The van der Waals surface area contributed by atoms with Gasteiger partial charge in [0.25, 0.3) is 10.1 Å². The van der Waals surface area contributed by atoms with E-state index in [-0.39, 0.29) is 5.57 Å². The molecule has 0 saturated carbocycles. The molecule has 0 spiro atoms. The number of hydrogen-bond acceptors (Lipinski definition) is 5. The lowest BCUT2D eigenvalue weighted by atomic mass is 10.4. The van der Waals surface area contributed by atoms with Crippen LogP contribution in [0.5, 0.6) is 0 Å². The van der Waals surface area contributed by atoms with Gasteiger partial charge in [-0.25, -0.2) is 4.79 Å². The summed E-state index contributed by atoms with van der Waals surface area (Å²) in [6, 6.07) is 32.3.